The minimum absolute atomic E-state index is 0.0273. The predicted molar refractivity (Wildman–Crippen MR) is 133 cm³/mol. The number of rotatable bonds is 10. The summed E-state index contributed by atoms with van der Waals surface area (Å²) in [6, 6.07) is 22.9. The largest absolute Gasteiger partial charge is 0.478 e. The summed E-state index contributed by atoms with van der Waals surface area (Å²) in [4.78, 5) is 25.7. The van der Waals surface area contributed by atoms with E-state index in [2.05, 4.69) is 16.7 Å². The molecule has 3 N–H and O–H groups in total. The maximum atomic E-state index is 12.5. The zero-order valence-corrected chi connectivity index (χ0v) is 19.3. The topological polar surface area (TPSA) is 81.7 Å². The zero-order valence-electron chi connectivity index (χ0n) is 19.3. The van der Waals surface area contributed by atoms with Gasteiger partial charge in [0.25, 0.3) is 0 Å². The second-order valence-corrected chi connectivity index (χ2v) is 8.07. The standard InChI is InChI=1S/C27H31N3O3/c1-19(30(3)26(31)12-7-17-28-2)21-8-6-9-22(18-21)20-13-15-23(16-14-20)29-25-11-5-4-10-24(25)27(32)33/h4-6,8-11,13-16,18-19,28-29H,7,12,17H2,1-3H3,(H,32,33). The SMILES string of the molecule is CNCCCC(=O)N(C)C(C)c1cccc(-c2ccc(Nc3ccccc3C(=O)O)cc2)c1. The van der Waals surface area contributed by atoms with E-state index in [1.165, 1.54) is 0 Å². The summed E-state index contributed by atoms with van der Waals surface area (Å²) in [5.74, 6) is -0.827. The molecule has 6 heteroatoms. The summed E-state index contributed by atoms with van der Waals surface area (Å²) < 4.78 is 0. The van der Waals surface area contributed by atoms with E-state index in [0.717, 1.165) is 35.3 Å². The van der Waals surface area contributed by atoms with Gasteiger partial charge in [0.15, 0.2) is 0 Å². The quantitative estimate of drug-likeness (QED) is 0.368. The van der Waals surface area contributed by atoms with Crippen molar-refractivity contribution in [1.29, 1.82) is 0 Å². The van der Waals surface area contributed by atoms with Gasteiger partial charge in [-0.05, 0) is 74.0 Å². The van der Waals surface area contributed by atoms with Gasteiger partial charge >= 0.3 is 5.97 Å². The molecule has 0 saturated carbocycles. The Hall–Kier alpha value is -3.64. The first-order chi connectivity index (χ1) is 15.9. The molecule has 3 aromatic rings. The second-order valence-electron chi connectivity index (χ2n) is 8.07. The third-order valence-corrected chi connectivity index (χ3v) is 5.82. The zero-order chi connectivity index (χ0) is 23.8. The van der Waals surface area contributed by atoms with Gasteiger partial charge in [-0.1, -0.05) is 42.5 Å². The Labute approximate surface area is 195 Å². The molecule has 0 heterocycles. The second kappa shape index (κ2) is 11.3. The number of hydrogen-bond acceptors (Lipinski definition) is 4. The highest BCUT2D eigenvalue weighted by molar-refractivity contribution is 5.95. The number of nitrogens with one attached hydrogen (secondary N) is 2. The highest BCUT2D eigenvalue weighted by Crippen LogP contribution is 2.28. The summed E-state index contributed by atoms with van der Waals surface area (Å²) in [6.07, 6.45) is 1.35. The van der Waals surface area contributed by atoms with Gasteiger partial charge in [0, 0.05) is 19.2 Å². The molecule has 1 amide bonds. The van der Waals surface area contributed by atoms with Crippen molar-refractivity contribution in [1.82, 2.24) is 10.2 Å². The molecule has 0 saturated heterocycles. The maximum Gasteiger partial charge on any atom is 0.337 e. The van der Waals surface area contributed by atoms with E-state index in [9.17, 15) is 14.7 Å². The van der Waals surface area contributed by atoms with Crippen molar-refractivity contribution in [2.75, 3.05) is 26.0 Å². The highest BCUT2D eigenvalue weighted by Gasteiger charge is 2.17. The molecule has 1 atom stereocenters. The third kappa shape index (κ3) is 6.20. The molecule has 0 radical (unpaired) electrons. The number of carbonyl (C=O) groups excluding carboxylic acids is 1. The van der Waals surface area contributed by atoms with Crippen LogP contribution in [0, 0.1) is 0 Å². The van der Waals surface area contributed by atoms with Crippen molar-refractivity contribution < 1.29 is 14.7 Å². The molecular formula is C27H31N3O3. The van der Waals surface area contributed by atoms with Crippen molar-refractivity contribution in [3.63, 3.8) is 0 Å². The van der Waals surface area contributed by atoms with Gasteiger partial charge < -0.3 is 20.6 Å². The van der Waals surface area contributed by atoms with E-state index in [0.29, 0.717) is 12.1 Å². The van der Waals surface area contributed by atoms with Crippen LogP contribution in [-0.4, -0.2) is 42.5 Å². The Balaban J connectivity index is 1.73. The molecule has 0 spiro atoms. The summed E-state index contributed by atoms with van der Waals surface area (Å²) in [6.45, 7) is 2.87. The van der Waals surface area contributed by atoms with Crippen molar-refractivity contribution >= 4 is 23.3 Å². The van der Waals surface area contributed by atoms with Crippen molar-refractivity contribution in [3.05, 3.63) is 83.9 Å². The van der Waals surface area contributed by atoms with E-state index in [-0.39, 0.29) is 17.5 Å². The van der Waals surface area contributed by atoms with E-state index >= 15 is 0 Å². The Kier molecular flexibility index (Phi) is 8.22. The molecule has 6 nitrogen and oxygen atoms in total. The Bertz CT molecular complexity index is 1100. The Morgan fingerprint density at radius 1 is 0.970 bits per heavy atom. The van der Waals surface area contributed by atoms with Crippen molar-refractivity contribution in [2.24, 2.45) is 0 Å². The van der Waals surface area contributed by atoms with Gasteiger partial charge in [-0.3, -0.25) is 4.79 Å². The minimum atomic E-state index is -0.967. The summed E-state index contributed by atoms with van der Waals surface area (Å²) in [5.41, 5.74) is 4.78. The fourth-order valence-electron chi connectivity index (χ4n) is 3.69. The summed E-state index contributed by atoms with van der Waals surface area (Å²) in [5, 5.41) is 15.6. The number of benzene rings is 3. The van der Waals surface area contributed by atoms with Crippen LogP contribution >= 0.6 is 0 Å². The number of nitrogens with zero attached hydrogens (tertiary/aromatic N) is 1. The minimum Gasteiger partial charge on any atom is -0.478 e. The average Bonchev–Trinajstić information content (AvgIpc) is 2.84. The Morgan fingerprint density at radius 2 is 1.70 bits per heavy atom. The number of amides is 1. The molecule has 33 heavy (non-hydrogen) atoms. The lowest BCUT2D eigenvalue weighted by Crippen LogP contribution is -2.30. The smallest absolute Gasteiger partial charge is 0.337 e. The van der Waals surface area contributed by atoms with Gasteiger partial charge in [-0.2, -0.15) is 0 Å². The molecule has 0 fully saturated rings. The lowest BCUT2D eigenvalue weighted by molar-refractivity contribution is -0.131. The molecule has 0 aliphatic rings. The average molecular weight is 446 g/mol. The molecule has 0 aliphatic heterocycles. The van der Waals surface area contributed by atoms with Gasteiger partial charge in [-0.15, -0.1) is 0 Å². The van der Waals surface area contributed by atoms with E-state index in [1.54, 1.807) is 24.3 Å². The van der Waals surface area contributed by atoms with E-state index in [1.807, 2.05) is 68.4 Å². The molecule has 3 rings (SSSR count). The van der Waals surface area contributed by atoms with Crippen LogP contribution in [0.25, 0.3) is 11.1 Å². The van der Waals surface area contributed by atoms with E-state index in [4.69, 9.17) is 0 Å². The normalized spacial score (nSPS) is 11.6. The number of carboxylic acids is 1. The lowest BCUT2D eigenvalue weighted by Gasteiger charge is -2.26. The number of aromatic carboxylic acids is 1. The molecular weight excluding hydrogens is 414 g/mol. The number of carbonyl (C=O) groups is 2. The van der Waals surface area contributed by atoms with Gasteiger partial charge in [0.1, 0.15) is 0 Å². The monoisotopic (exact) mass is 445 g/mol. The molecule has 1 unspecified atom stereocenters. The highest BCUT2D eigenvalue weighted by atomic mass is 16.4. The first-order valence-corrected chi connectivity index (χ1v) is 11.1. The van der Waals surface area contributed by atoms with Gasteiger partial charge in [0.2, 0.25) is 5.91 Å². The van der Waals surface area contributed by atoms with Crippen LogP contribution in [0.3, 0.4) is 0 Å². The molecule has 0 aliphatic carbocycles. The van der Waals surface area contributed by atoms with Crippen molar-refractivity contribution in [2.45, 2.75) is 25.8 Å². The van der Waals surface area contributed by atoms with E-state index < -0.39 is 5.97 Å². The summed E-state index contributed by atoms with van der Waals surface area (Å²) in [7, 11) is 3.74. The first-order valence-electron chi connectivity index (χ1n) is 11.1. The fourth-order valence-corrected chi connectivity index (χ4v) is 3.69. The lowest BCUT2D eigenvalue weighted by atomic mass is 9.99. The maximum absolute atomic E-state index is 12.5. The summed E-state index contributed by atoms with van der Waals surface area (Å²) >= 11 is 0. The Morgan fingerprint density at radius 3 is 2.39 bits per heavy atom. The van der Waals surface area contributed by atoms with Crippen LogP contribution in [0.15, 0.2) is 72.8 Å². The number of anilines is 2. The van der Waals surface area contributed by atoms with Gasteiger partial charge in [0.05, 0.1) is 17.3 Å². The van der Waals surface area contributed by atoms with Crippen LogP contribution in [0.4, 0.5) is 11.4 Å². The van der Waals surface area contributed by atoms with Crippen LogP contribution in [-0.2, 0) is 4.79 Å². The molecule has 172 valence electrons. The first kappa shape index (κ1) is 24.0. The molecule has 0 bridgehead atoms. The predicted octanol–water partition coefficient (Wildman–Crippen LogP) is 5.31. The molecule has 0 aromatic heterocycles. The van der Waals surface area contributed by atoms with Crippen LogP contribution in [0.1, 0.15) is 41.7 Å². The van der Waals surface area contributed by atoms with Crippen LogP contribution < -0.4 is 10.6 Å². The third-order valence-electron chi connectivity index (χ3n) is 5.82. The van der Waals surface area contributed by atoms with Crippen LogP contribution in [0.5, 0.6) is 0 Å². The molecule has 3 aromatic carbocycles. The van der Waals surface area contributed by atoms with Crippen LogP contribution in [0.2, 0.25) is 0 Å². The fraction of sp³-hybridized carbons (Fsp3) is 0.259. The number of hydrogen-bond donors (Lipinski definition) is 3. The number of carboxylic acid groups (broad SMARTS) is 1. The van der Waals surface area contributed by atoms with Crippen molar-refractivity contribution in [3.8, 4) is 11.1 Å². The van der Waals surface area contributed by atoms with Gasteiger partial charge in [-0.25, -0.2) is 4.79 Å². The number of para-hydroxylation sites is 1.